The van der Waals surface area contributed by atoms with Crippen LogP contribution in [-0.2, 0) is 7.05 Å². The number of piperazine rings is 1. The van der Waals surface area contributed by atoms with Crippen molar-refractivity contribution in [2.75, 3.05) is 50.1 Å². The first kappa shape index (κ1) is 19.4. The zero-order chi connectivity index (χ0) is 20.5. The predicted molar refractivity (Wildman–Crippen MR) is 116 cm³/mol. The summed E-state index contributed by atoms with van der Waals surface area (Å²) in [5, 5.41) is 6.53. The molecule has 29 heavy (non-hydrogen) atoms. The highest BCUT2D eigenvalue weighted by molar-refractivity contribution is 7.13. The van der Waals surface area contributed by atoms with Gasteiger partial charge in [-0.1, -0.05) is 6.07 Å². The number of carbonyl (C=O) groups is 1. The van der Waals surface area contributed by atoms with Crippen molar-refractivity contribution in [1.29, 1.82) is 0 Å². The minimum Gasteiger partial charge on any atom is -0.363 e. The van der Waals surface area contributed by atoms with Gasteiger partial charge in [0.1, 0.15) is 17.2 Å². The van der Waals surface area contributed by atoms with Gasteiger partial charge >= 0.3 is 0 Å². The Labute approximate surface area is 174 Å². The van der Waals surface area contributed by atoms with E-state index in [4.69, 9.17) is 0 Å². The van der Waals surface area contributed by atoms with E-state index in [0.29, 0.717) is 31.9 Å². The Morgan fingerprint density at radius 1 is 1.14 bits per heavy atom. The molecule has 1 saturated heterocycles. The molecule has 8 nitrogen and oxygen atoms in total. The maximum Gasteiger partial charge on any atom is 0.272 e. The van der Waals surface area contributed by atoms with Gasteiger partial charge in [0.05, 0.1) is 4.88 Å². The summed E-state index contributed by atoms with van der Waals surface area (Å²) in [6.07, 6.45) is 0. The lowest BCUT2D eigenvalue weighted by Crippen LogP contribution is -2.49. The molecule has 1 aliphatic heterocycles. The third-order valence-corrected chi connectivity index (χ3v) is 5.90. The van der Waals surface area contributed by atoms with Gasteiger partial charge in [0.15, 0.2) is 0 Å². The molecule has 1 aliphatic rings. The largest absolute Gasteiger partial charge is 0.363 e. The maximum absolute atomic E-state index is 13.1. The molecule has 3 aromatic rings. The van der Waals surface area contributed by atoms with E-state index in [-0.39, 0.29) is 5.91 Å². The third kappa shape index (κ3) is 3.95. The van der Waals surface area contributed by atoms with E-state index in [9.17, 15) is 4.79 Å². The Balaban J connectivity index is 1.46. The van der Waals surface area contributed by atoms with Gasteiger partial charge in [-0.05, 0) is 24.4 Å². The van der Waals surface area contributed by atoms with Crippen LogP contribution in [0.15, 0.2) is 29.6 Å². The molecule has 0 aromatic carbocycles. The summed E-state index contributed by atoms with van der Waals surface area (Å²) in [6.45, 7) is 4.65. The monoisotopic (exact) mass is 411 g/mol. The SMILES string of the molecule is Cc1cc(N(C)C)nc(N2CCN(C(=O)c3cc(-c4cccs4)nn3C)CC2)n1. The lowest BCUT2D eigenvalue weighted by molar-refractivity contribution is 0.0735. The minimum absolute atomic E-state index is 0.0154. The summed E-state index contributed by atoms with van der Waals surface area (Å²) in [7, 11) is 5.77. The Morgan fingerprint density at radius 3 is 2.55 bits per heavy atom. The van der Waals surface area contributed by atoms with E-state index in [2.05, 4.69) is 20.0 Å². The average molecular weight is 412 g/mol. The fraction of sp³-hybridized carbons (Fsp3) is 0.400. The molecular formula is C20H25N7OS. The van der Waals surface area contributed by atoms with Crippen LogP contribution in [-0.4, -0.2) is 70.8 Å². The molecule has 3 aromatic heterocycles. The van der Waals surface area contributed by atoms with Gasteiger partial charge in [0.25, 0.3) is 5.91 Å². The first-order valence-electron chi connectivity index (χ1n) is 9.57. The lowest BCUT2D eigenvalue weighted by Gasteiger charge is -2.35. The smallest absolute Gasteiger partial charge is 0.272 e. The van der Waals surface area contributed by atoms with Gasteiger partial charge < -0.3 is 14.7 Å². The van der Waals surface area contributed by atoms with Crippen LogP contribution in [0.4, 0.5) is 11.8 Å². The van der Waals surface area contributed by atoms with E-state index < -0.39 is 0 Å². The van der Waals surface area contributed by atoms with E-state index in [0.717, 1.165) is 28.0 Å². The number of amides is 1. The van der Waals surface area contributed by atoms with Crippen molar-refractivity contribution in [2.45, 2.75) is 6.92 Å². The number of hydrogen-bond acceptors (Lipinski definition) is 7. The third-order valence-electron chi connectivity index (χ3n) is 5.01. The zero-order valence-electron chi connectivity index (χ0n) is 17.2. The number of aromatic nitrogens is 4. The molecule has 4 heterocycles. The van der Waals surface area contributed by atoms with Crippen LogP contribution in [0, 0.1) is 6.92 Å². The van der Waals surface area contributed by atoms with E-state index in [1.807, 2.05) is 67.5 Å². The number of carbonyl (C=O) groups excluding carboxylic acids is 1. The Bertz CT molecular complexity index is 1000. The van der Waals surface area contributed by atoms with Crippen molar-refractivity contribution in [1.82, 2.24) is 24.6 Å². The van der Waals surface area contributed by atoms with Crippen molar-refractivity contribution >= 4 is 29.0 Å². The van der Waals surface area contributed by atoms with Gasteiger partial charge in [-0.2, -0.15) is 10.1 Å². The number of rotatable bonds is 4. The Kier molecular flexibility index (Phi) is 5.23. The normalized spacial score (nSPS) is 14.3. The van der Waals surface area contributed by atoms with Gasteiger partial charge in [-0.15, -0.1) is 11.3 Å². The summed E-state index contributed by atoms with van der Waals surface area (Å²) in [5.74, 6) is 1.63. The van der Waals surface area contributed by atoms with E-state index >= 15 is 0 Å². The molecule has 0 N–H and O–H groups in total. The Morgan fingerprint density at radius 2 is 1.90 bits per heavy atom. The minimum atomic E-state index is 0.0154. The fourth-order valence-electron chi connectivity index (χ4n) is 3.39. The number of thiophene rings is 1. The molecule has 152 valence electrons. The second-order valence-corrected chi connectivity index (χ2v) is 8.30. The Hall–Kier alpha value is -2.94. The highest BCUT2D eigenvalue weighted by Crippen LogP contribution is 2.25. The molecule has 0 bridgehead atoms. The van der Waals surface area contributed by atoms with Gasteiger partial charge in [0, 0.05) is 59.1 Å². The molecule has 0 radical (unpaired) electrons. The van der Waals surface area contributed by atoms with Crippen molar-refractivity contribution < 1.29 is 4.79 Å². The number of hydrogen-bond donors (Lipinski definition) is 0. The summed E-state index contributed by atoms with van der Waals surface area (Å²) < 4.78 is 1.68. The van der Waals surface area contributed by atoms with Crippen LogP contribution >= 0.6 is 11.3 Å². The molecule has 0 saturated carbocycles. The van der Waals surface area contributed by atoms with Crippen LogP contribution in [0.25, 0.3) is 10.6 Å². The number of nitrogens with zero attached hydrogens (tertiary/aromatic N) is 7. The van der Waals surface area contributed by atoms with Crippen LogP contribution in [0.2, 0.25) is 0 Å². The second-order valence-electron chi connectivity index (χ2n) is 7.36. The fourth-order valence-corrected chi connectivity index (χ4v) is 4.07. The summed E-state index contributed by atoms with van der Waals surface area (Å²) >= 11 is 1.62. The van der Waals surface area contributed by atoms with Crippen molar-refractivity contribution in [2.24, 2.45) is 7.05 Å². The number of aryl methyl sites for hydroxylation is 2. The maximum atomic E-state index is 13.1. The first-order valence-corrected chi connectivity index (χ1v) is 10.5. The van der Waals surface area contributed by atoms with Gasteiger partial charge in [0.2, 0.25) is 5.95 Å². The topological polar surface area (TPSA) is 70.4 Å². The molecule has 1 fully saturated rings. The van der Waals surface area contributed by atoms with Crippen LogP contribution in [0.3, 0.4) is 0 Å². The van der Waals surface area contributed by atoms with Crippen LogP contribution < -0.4 is 9.80 Å². The van der Waals surface area contributed by atoms with Gasteiger partial charge in [-0.25, -0.2) is 4.98 Å². The molecule has 9 heteroatoms. The lowest BCUT2D eigenvalue weighted by atomic mass is 10.2. The molecule has 4 rings (SSSR count). The number of anilines is 2. The zero-order valence-corrected chi connectivity index (χ0v) is 18.0. The van der Waals surface area contributed by atoms with Crippen molar-refractivity contribution in [3.8, 4) is 10.6 Å². The second kappa shape index (κ2) is 7.82. The summed E-state index contributed by atoms with van der Waals surface area (Å²) in [5.41, 5.74) is 2.39. The van der Waals surface area contributed by atoms with Crippen molar-refractivity contribution in [3.63, 3.8) is 0 Å². The van der Waals surface area contributed by atoms with Crippen LogP contribution in [0.1, 0.15) is 16.2 Å². The molecule has 0 aliphatic carbocycles. The van der Waals surface area contributed by atoms with Crippen molar-refractivity contribution in [3.05, 3.63) is 41.0 Å². The molecule has 0 atom stereocenters. The first-order chi connectivity index (χ1) is 13.9. The summed E-state index contributed by atoms with van der Waals surface area (Å²) in [4.78, 5) is 29.4. The highest BCUT2D eigenvalue weighted by atomic mass is 32.1. The summed E-state index contributed by atoms with van der Waals surface area (Å²) in [6, 6.07) is 7.86. The highest BCUT2D eigenvalue weighted by Gasteiger charge is 2.26. The predicted octanol–water partition coefficient (Wildman–Crippen LogP) is 2.28. The van der Waals surface area contributed by atoms with Gasteiger partial charge in [-0.3, -0.25) is 9.48 Å². The average Bonchev–Trinajstić information content (AvgIpc) is 3.37. The van der Waals surface area contributed by atoms with E-state index in [1.165, 1.54) is 0 Å². The van der Waals surface area contributed by atoms with E-state index in [1.54, 1.807) is 16.0 Å². The standard InChI is InChI=1S/C20H25N7OS/c1-14-12-18(24(2)3)22-20(21-14)27-9-7-26(8-10-27)19(28)16-13-15(23-25(16)4)17-6-5-11-29-17/h5-6,11-13H,7-10H2,1-4H3. The molecule has 0 unspecified atom stereocenters. The van der Waals surface area contributed by atoms with Crippen LogP contribution in [0.5, 0.6) is 0 Å². The molecule has 0 spiro atoms. The quantitative estimate of drug-likeness (QED) is 0.656. The molecule has 1 amide bonds. The molecular weight excluding hydrogens is 386 g/mol.